The summed E-state index contributed by atoms with van der Waals surface area (Å²) in [4.78, 5) is 25.9. The maximum atomic E-state index is 14.6. The molecule has 0 atom stereocenters. The molecule has 0 saturated heterocycles. The molecule has 2 aromatic carbocycles. The van der Waals surface area contributed by atoms with Crippen LogP contribution in [0.15, 0.2) is 47.0 Å². The van der Waals surface area contributed by atoms with Crippen LogP contribution in [0.1, 0.15) is 93.3 Å². The van der Waals surface area contributed by atoms with Crippen LogP contribution in [0.5, 0.6) is 0 Å². The predicted molar refractivity (Wildman–Crippen MR) is 160 cm³/mol. The van der Waals surface area contributed by atoms with Crippen LogP contribution in [0.4, 0.5) is 10.1 Å². The first kappa shape index (κ1) is 25.4. The average molecular weight is 583 g/mol. The standard InChI is InChI=1S/C34H35FN4O2S/c1-21-36-26-16-24(7-8-27(26)42-21)23-3-2-4-25(15-23)39(30(40)33-17-34(35,18-33)19-33)20-31-9-12-32(13-10-31,14-11-31)29-37-28(38-41-29)22-5-6-22/h2-4,7-8,15-16,22H,5-6,9-14,17-20H2,1H3. The highest BCUT2D eigenvalue weighted by Crippen LogP contribution is 2.70. The highest BCUT2D eigenvalue weighted by Gasteiger charge is 2.73. The molecule has 1 amide bonds. The normalized spacial score (nSPS) is 32.9. The van der Waals surface area contributed by atoms with Gasteiger partial charge in [-0.05, 0) is 118 Å². The van der Waals surface area contributed by atoms with E-state index in [9.17, 15) is 9.18 Å². The smallest absolute Gasteiger partial charge is 0.233 e. The molecule has 42 heavy (non-hydrogen) atoms. The van der Waals surface area contributed by atoms with Crippen molar-refractivity contribution in [1.29, 1.82) is 0 Å². The van der Waals surface area contributed by atoms with Crippen molar-refractivity contribution in [3.63, 3.8) is 0 Å². The van der Waals surface area contributed by atoms with Crippen molar-refractivity contribution in [2.24, 2.45) is 10.8 Å². The quantitative estimate of drug-likeness (QED) is 0.220. The number of anilines is 1. The Bertz CT molecular complexity index is 1710. The van der Waals surface area contributed by atoms with Gasteiger partial charge in [0.2, 0.25) is 11.8 Å². The van der Waals surface area contributed by atoms with Gasteiger partial charge in [0.25, 0.3) is 0 Å². The van der Waals surface area contributed by atoms with Crippen molar-refractivity contribution < 1.29 is 13.7 Å². The molecule has 4 aromatic rings. The Balaban J connectivity index is 1.02. The minimum absolute atomic E-state index is 0.0161. The van der Waals surface area contributed by atoms with E-state index in [1.807, 2.05) is 11.8 Å². The Labute approximate surface area is 248 Å². The van der Waals surface area contributed by atoms with Crippen LogP contribution in [-0.4, -0.2) is 33.2 Å². The Morgan fingerprint density at radius 3 is 2.45 bits per heavy atom. The molecule has 0 N–H and O–H groups in total. The van der Waals surface area contributed by atoms with Gasteiger partial charge < -0.3 is 9.42 Å². The molecule has 0 aliphatic heterocycles. The molecular weight excluding hydrogens is 547 g/mol. The van der Waals surface area contributed by atoms with Gasteiger partial charge in [-0.15, -0.1) is 11.3 Å². The summed E-state index contributed by atoms with van der Waals surface area (Å²) < 4.78 is 21.7. The van der Waals surface area contributed by atoms with Gasteiger partial charge in [0.05, 0.1) is 20.6 Å². The monoisotopic (exact) mass is 582 g/mol. The highest BCUT2D eigenvalue weighted by molar-refractivity contribution is 7.18. The lowest BCUT2D eigenvalue weighted by Gasteiger charge is -2.65. The zero-order valence-electron chi connectivity index (χ0n) is 24.0. The van der Waals surface area contributed by atoms with E-state index in [1.54, 1.807) is 11.3 Å². The summed E-state index contributed by atoms with van der Waals surface area (Å²) in [6, 6.07) is 14.8. The van der Waals surface area contributed by atoms with Crippen molar-refractivity contribution in [2.75, 3.05) is 11.4 Å². The van der Waals surface area contributed by atoms with E-state index in [-0.39, 0.29) is 16.7 Å². The number of benzene rings is 2. The third-order valence-corrected chi connectivity index (χ3v) is 12.3. The number of aryl methyl sites for hydroxylation is 1. The molecular formula is C34H35FN4O2S. The number of alkyl halides is 1. The molecule has 7 aliphatic carbocycles. The molecule has 4 bridgehead atoms. The van der Waals surface area contributed by atoms with Gasteiger partial charge in [-0.3, -0.25) is 4.79 Å². The number of halogens is 1. The van der Waals surface area contributed by atoms with Gasteiger partial charge >= 0.3 is 0 Å². The number of rotatable bonds is 7. The van der Waals surface area contributed by atoms with Crippen molar-refractivity contribution in [1.82, 2.24) is 15.1 Å². The van der Waals surface area contributed by atoms with Crippen LogP contribution < -0.4 is 4.90 Å². The minimum atomic E-state index is -1.11. The molecule has 2 aromatic heterocycles. The number of nitrogens with zero attached hydrogens (tertiary/aromatic N) is 4. The molecule has 0 unspecified atom stereocenters. The number of amides is 1. The van der Waals surface area contributed by atoms with Gasteiger partial charge in [0, 0.05) is 23.6 Å². The number of aromatic nitrogens is 3. The van der Waals surface area contributed by atoms with Gasteiger partial charge in [0.1, 0.15) is 5.67 Å². The summed E-state index contributed by atoms with van der Waals surface area (Å²) in [6.07, 6.45) is 9.66. The fraction of sp³-hybridized carbons (Fsp3) is 0.529. The second-order valence-electron chi connectivity index (χ2n) is 14.3. The van der Waals surface area contributed by atoms with Crippen molar-refractivity contribution >= 4 is 33.1 Å². The fourth-order valence-corrected chi connectivity index (χ4v) is 9.45. The Kier molecular flexibility index (Phi) is 5.13. The zero-order valence-corrected chi connectivity index (χ0v) is 24.8. The Morgan fingerprint density at radius 1 is 1.00 bits per heavy atom. The number of fused-ring (bicyclic) bond motifs is 4. The largest absolute Gasteiger partial charge is 0.339 e. The number of thiazole rings is 1. The van der Waals surface area contributed by atoms with Crippen molar-refractivity contribution in [2.45, 2.75) is 94.6 Å². The molecule has 0 spiro atoms. The summed E-state index contributed by atoms with van der Waals surface area (Å²) in [6.45, 7) is 2.72. The topological polar surface area (TPSA) is 72.1 Å². The first-order chi connectivity index (χ1) is 20.3. The zero-order chi connectivity index (χ0) is 28.3. The van der Waals surface area contributed by atoms with Crippen LogP contribution in [0, 0.1) is 17.8 Å². The molecule has 11 rings (SSSR count). The Morgan fingerprint density at radius 2 is 1.74 bits per heavy atom. The summed E-state index contributed by atoms with van der Waals surface area (Å²) >= 11 is 1.70. The van der Waals surface area contributed by atoms with Crippen molar-refractivity contribution in [3.8, 4) is 11.1 Å². The molecule has 2 heterocycles. The molecule has 7 fully saturated rings. The summed E-state index contributed by atoms with van der Waals surface area (Å²) in [5.74, 6) is 2.35. The minimum Gasteiger partial charge on any atom is -0.339 e. The highest BCUT2D eigenvalue weighted by atomic mass is 32.1. The van der Waals surface area contributed by atoms with Gasteiger partial charge in [-0.1, -0.05) is 23.4 Å². The lowest BCUT2D eigenvalue weighted by Crippen LogP contribution is -2.71. The summed E-state index contributed by atoms with van der Waals surface area (Å²) in [5.41, 5.74) is 2.51. The third-order valence-electron chi connectivity index (χ3n) is 11.4. The third kappa shape index (κ3) is 3.79. The van der Waals surface area contributed by atoms with Crippen molar-refractivity contribution in [3.05, 3.63) is 59.2 Å². The van der Waals surface area contributed by atoms with E-state index in [4.69, 9.17) is 14.5 Å². The molecule has 6 nitrogen and oxygen atoms in total. The fourth-order valence-electron chi connectivity index (χ4n) is 8.65. The number of hydrogen-bond acceptors (Lipinski definition) is 6. The van der Waals surface area contributed by atoms with E-state index >= 15 is 0 Å². The first-order valence-corrected chi connectivity index (χ1v) is 16.4. The maximum absolute atomic E-state index is 14.6. The van der Waals surface area contributed by atoms with Crippen LogP contribution in [-0.2, 0) is 10.2 Å². The van der Waals surface area contributed by atoms with Crippen LogP contribution in [0.25, 0.3) is 21.3 Å². The lowest BCUT2D eigenvalue weighted by atomic mass is 9.41. The lowest BCUT2D eigenvalue weighted by molar-refractivity contribution is -0.211. The van der Waals surface area contributed by atoms with Crippen LogP contribution in [0.2, 0.25) is 0 Å². The summed E-state index contributed by atoms with van der Waals surface area (Å²) in [7, 11) is 0. The van der Waals surface area contributed by atoms with E-state index in [1.165, 1.54) is 17.5 Å². The predicted octanol–water partition coefficient (Wildman–Crippen LogP) is 8.05. The molecule has 7 saturated carbocycles. The second kappa shape index (κ2) is 8.49. The number of hydrogen-bond donors (Lipinski definition) is 0. The Hall–Kier alpha value is -3.13. The first-order valence-electron chi connectivity index (χ1n) is 15.6. The molecule has 216 valence electrons. The van der Waals surface area contributed by atoms with Gasteiger partial charge in [-0.2, -0.15) is 4.98 Å². The average Bonchev–Trinajstić information content (AvgIpc) is 3.57. The maximum Gasteiger partial charge on any atom is 0.233 e. The van der Waals surface area contributed by atoms with E-state index in [0.29, 0.717) is 31.7 Å². The number of carbonyl (C=O) groups excluding carboxylic acids is 1. The van der Waals surface area contributed by atoms with Crippen LogP contribution >= 0.6 is 11.3 Å². The second-order valence-corrected chi connectivity index (χ2v) is 15.6. The van der Waals surface area contributed by atoms with E-state index in [0.717, 1.165) is 77.6 Å². The van der Waals surface area contributed by atoms with E-state index in [2.05, 4.69) is 47.6 Å². The molecule has 0 radical (unpaired) electrons. The molecule has 7 aliphatic rings. The van der Waals surface area contributed by atoms with Crippen LogP contribution in [0.3, 0.4) is 0 Å². The SMILES string of the molecule is Cc1nc2cc(-c3cccc(N(CC45CCC(c6nc(C7CC7)no6)(CC4)CC5)C(=O)C45CC(F)(C4)C5)c3)ccc2s1. The molecule has 8 heteroatoms. The number of carbonyl (C=O) groups is 1. The van der Waals surface area contributed by atoms with E-state index < -0.39 is 11.1 Å². The van der Waals surface area contributed by atoms with Gasteiger partial charge in [-0.25, -0.2) is 9.37 Å². The van der Waals surface area contributed by atoms with Gasteiger partial charge in [0.15, 0.2) is 5.82 Å². The summed E-state index contributed by atoms with van der Waals surface area (Å²) in [5, 5.41) is 5.38.